The standard InChI is InChI=1S/C25H24N2O5/c1-16(11-12-22-23(28)27-25(29)32-22)19-9-6-10-20(15-19)30-14-13-21-17(2)31-24(26-21)18-7-4-3-5-8-18/h3-11,15,28H,12-14H2,1-2H3,(H,27,29). The summed E-state index contributed by atoms with van der Waals surface area (Å²) in [4.78, 5) is 18.0. The van der Waals surface area contributed by atoms with Crippen molar-refractivity contribution in [2.75, 3.05) is 6.61 Å². The number of aromatic hydroxyl groups is 1. The molecule has 32 heavy (non-hydrogen) atoms. The maximum atomic E-state index is 11.1. The van der Waals surface area contributed by atoms with Gasteiger partial charge in [0.05, 0.1) is 12.3 Å². The van der Waals surface area contributed by atoms with Gasteiger partial charge in [-0.25, -0.2) is 9.78 Å². The number of benzene rings is 2. The van der Waals surface area contributed by atoms with Gasteiger partial charge < -0.3 is 18.7 Å². The molecule has 0 spiro atoms. The predicted octanol–water partition coefficient (Wildman–Crippen LogP) is 4.90. The van der Waals surface area contributed by atoms with Crippen LogP contribution in [0.1, 0.15) is 29.7 Å². The van der Waals surface area contributed by atoms with Crippen molar-refractivity contribution in [1.82, 2.24) is 9.97 Å². The normalized spacial score (nSPS) is 11.6. The molecule has 164 valence electrons. The third kappa shape index (κ3) is 5.00. The molecule has 0 unspecified atom stereocenters. The average molecular weight is 432 g/mol. The van der Waals surface area contributed by atoms with Crippen LogP contribution >= 0.6 is 0 Å². The fourth-order valence-electron chi connectivity index (χ4n) is 3.32. The quantitative estimate of drug-likeness (QED) is 0.410. The summed E-state index contributed by atoms with van der Waals surface area (Å²) in [5.41, 5.74) is 3.77. The molecule has 2 aromatic heterocycles. The number of hydrogen-bond acceptors (Lipinski definition) is 6. The van der Waals surface area contributed by atoms with Crippen LogP contribution in [-0.4, -0.2) is 21.7 Å². The first-order valence-corrected chi connectivity index (χ1v) is 10.3. The Kier molecular flexibility index (Phi) is 6.26. The Hall–Kier alpha value is -4.00. The van der Waals surface area contributed by atoms with Crippen LogP contribution in [0.15, 0.2) is 74.3 Å². The van der Waals surface area contributed by atoms with Crippen LogP contribution in [0.4, 0.5) is 0 Å². The van der Waals surface area contributed by atoms with Crippen LogP contribution in [0.5, 0.6) is 11.6 Å². The van der Waals surface area contributed by atoms with Crippen LogP contribution < -0.4 is 10.5 Å². The Labute approximate surface area is 185 Å². The van der Waals surface area contributed by atoms with Gasteiger partial charge in [-0.05, 0) is 49.2 Å². The Morgan fingerprint density at radius 2 is 1.97 bits per heavy atom. The van der Waals surface area contributed by atoms with Gasteiger partial charge in [0.15, 0.2) is 5.76 Å². The minimum atomic E-state index is -0.669. The maximum Gasteiger partial charge on any atom is 0.419 e. The number of rotatable bonds is 8. The van der Waals surface area contributed by atoms with Crippen LogP contribution in [0.25, 0.3) is 17.0 Å². The second kappa shape index (κ2) is 9.43. The van der Waals surface area contributed by atoms with Gasteiger partial charge in [-0.1, -0.05) is 36.4 Å². The van der Waals surface area contributed by atoms with E-state index in [0.717, 1.165) is 33.9 Å². The Morgan fingerprint density at radius 1 is 1.16 bits per heavy atom. The summed E-state index contributed by atoms with van der Waals surface area (Å²) in [6.45, 7) is 4.33. The van der Waals surface area contributed by atoms with Gasteiger partial charge in [-0.3, -0.25) is 4.98 Å². The van der Waals surface area contributed by atoms with E-state index in [1.807, 2.05) is 74.5 Å². The molecule has 0 atom stereocenters. The Bertz CT molecular complexity index is 1280. The highest BCUT2D eigenvalue weighted by Crippen LogP contribution is 2.24. The lowest BCUT2D eigenvalue weighted by Crippen LogP contribution is -2.03. The first-order chi connectivity index (χ1) is 15.5. The van der Waals surface area contributed by atoms with Gasteiger partial charge >= 0.3 is 5.76 Å². The molecule has 2 aromatic carbocycles. The molecule has 0 saturated heterocycles. The van der Waals surface area contributed by atoms with E-state index in [1.165, 1.54) is 0 Å². The lowest BCUT2D eigenvalue weighted by atomic mass is 10.1. The molecule has 2 N–H and O–H groups in total. The van der Waals surface area contributed by atoms with E-state index < -0.39 is 5.76 Å². The first kappa shape index (κ1) is 21.2. The molecular formula is C25H24N2O5. The van der Waals surface area contributed by atoms with Crippen LogP contribution in [0.2, 0.25) is 0 Å². The van der Waals surface area contributed by atoms with E-state index in [1.54, 1.807) is 0 Å². The lowest BCUT2D eigenvalue weighted by molar-refractivity contribution is 0.320. The van der Waals surface area contributed by atoms with Crippen LogP contribution in [-0.2, 0) is 12.8 Å². The van der Waals surface area contributed by atoms with E-state index in [4.69, 9.17) is 13.6 Å². The number of nitrogens with one attached hydrogen (secondary N) is 1. The van der Waals surface area contributed by atoms with Crippen molar-refractivity contribution in [1.29, 1.82) is 0 Å². The first-order valence-electron chi connectivity index (χ1n) is 10.3. The zero-order chi connectivity index (χ0) is 22.5. The molecule has 0 aliphatic rings. The monoisotopic (exact) mass is 432 g/mol. The second-order valence-corrected chi connectivity index (χ2v) is 7.39. The van der Waals surface area contributed by atoms with Gasteiger partial charge in [-0.2, -0.15) is 0 Å². The molecule has 0 saturated carbocycles. The van der Waals surface area contributed by atoms with Crippen molar-refractivity contribution in [2.24, 2.45) is 0 Å². The minimum Gasteiger partial charge on any atom is -0.493 e. The number of ether oxygens (including phenoxy) is 1. The summed E-state index contributed by atoms with van der Waals surface area (Å²) in [5.74, 6) is 1.45. The maximum absolute atomic E-state index is 11.1. The Morgan fingerprint density at radius 3 is 2.72 bits per heavy atom. The highest BCUT2D eigenvalue weighted by atomic mass is 16.5. The molecule has 7 heteroatoms. The number of H-pyrrole nitrogens is 1. The highest BCUT2D eigenvalue weighted by molar-refractivity contribution is 5.65. The van der Waals surface area contributed by atoms with E-state index in [-0.39, 0.29) is 11.6 Å². The molecule has 0 amide bonds. The lowest BCUT2D eigenvalue weighted by Gasteiger charge is -2.08. The molecule has 0 aliphatic carbocycles. The number of nitrogens with zero attached hydrogens (tertiary/aromatic N) is 1. The second-order valence-electron chi connectivity index (χ2n) is 7.39. The summed E-state index contributed by atoms with van der Waals surface area (Å²) in [7, 11) is 0. The van der Waals surface area contributed by atoms with Crippen molar-refractivity contribution in [2.45, 2.75) is 26.7 Å². The molecule has 2 heterocycles. The summed E-state index contributed by atoms with van der Waals surface area (Å²) in [6.07, 6.45) is 2.82. The van der Waals surface area contributed by atoms with Gasteiger partial charge in [0.1, 0.15) is 11.5 Å². The molecule has 4 aromatic rings. The highest BCUT2D eigenvalue weighted by Gasteiger charge is 2.11. The Balaban J connectivity index is 1.37. The largest absolute Gasteiger partial charge is 0.493 e. The average Bonchev–Trinajstić information content (AvgIpc) is 3.33. The third-order valence-corrected chi connectivity index (χ3v) is 5.10. The molecule has 7 nitrogen and oxygen atoms in total. The fourth-order valence-corrected chi connectivity index (χ4v) is 3.32. The van der Waals surface area contributed by atoms with Gasteiger partial charge in [0, 0.05) is 18.4 Å². The molecule has 0 radical (unpaired) electrons. The number of aromatic amines is 1. The van der Waals surface area contributed by atoms with Gasteiger partial charge in [0.2, 0.25) is 11.8 Å². The third-order valence-electron chi connectivity index (χ3n) is 5.10. The summed E-state index contributed by atoms with van der Waals surface area (Å²) in [5, 5.41) is 9.63. The van der Waals surface area contributed by atoms with E-state index >= 15 is 0 Å². The van der Waals surface area contributed by atoms with Crippen molar-refractivity contribution < 1.29 is 18.7 Å². The topological polar surface area (TPSA) is 101 Å². The van der Waals surface area contributed by atoms with Gasteiger partial charge in [0.25, 0.3) is 0 Å². The SMILES string of the molecule is CC(=CCc1oc(=O)[nH]c1O)c1cccc(OCCc2nc(-c3ccccc3)oc2C)c1. The zero-order valence-corrected chi connectivity index (χ0v) is 17.9. The van der Waals surface area contributed by atoms with E-state index in [2.05, 4.69) is 9.97 Å². The number of allylic oxidation sites excluding steroid dienone is 2. The van der Waals surface area contributed by atoms with Crippen LogP contribution in [0, 0.1) is 6.92 Å². The summed E-state index contributed by atoms with van der Waals surface area (Å²) >= 11 is 0. The predicted molar refractivity (Wildman–Crippen MR) is 121 cm³/mol. The number of hydrogen-bond donors (Lipinski definition) is 2. The van der Waals surface area contributed by atoms with Gasteiger partial charge in [-0.15, -0.1) is 0 Å². The smallest absolute Gasteiger partial charge is 0.419 e. The van der Waals surface area contributed by atoms with Crippen molar-refractivity contribution >= 4 is 5.57 Å². The number of aromatic nitrogens is 2. The molecule has 0 fully saturated rings. The summed E-state index contributed by atoms with van der Waals surface area (Å²) in [6, 6.07) is 17.6. The van der Waals surface area contributed by atoms with Crippen molar-refractivity contribution in [3.05, 3.63) is 94.0 Å². The van der Waals surface area contributed by atoms with Crippen molar-refractivity contribution in [3.63, 3.8) is 0 Å². The molecule has 4 rings (SSSR count). The van der Waals surface area contributed by atoms with Crippen molar-refractivity contribution in [3.8, 4) is 23.1 Å². The number of aryl methyl sites for hydroxylation is 1. The van der Waals surface area contributed by atoms with E-state index in [0.29, 0.717) is 25.3 Å². The molecule has 0 bridgehead atoms. The minimum absolute atomic E-state index is 0.208. The summed E-state index contributed by atoms with van der Waals surface area (Å²) < 4.78 is 16.7. The fraction of sp³-hybridized carbons (Fsp3) is 0.200. The van der Waals surface area contributed by atoms with Crippen LogP contribution in [0.3, 0.4) is 0 Å². The zero-order valence-electron chi connectivity index (χ0n) is 17.9. The number of oxazole rings is 2. The molecular weight excluding hydrogens is 408 g/mol. The molecule has 0 aliphatic heterocycles. The van der Waals surface area contributed by atoms with E-state index in [9.17, 15) is 9.90 Å².